The molecular weight excluding hydrogens is 354 g/mol. The number of guanidine groups is 1. The Kier molecular flexibility index (Phi) is 9.60. The molecule has 0 radical (unpaired) electrons. The lowest BCUT2D eigenvalue weighted by Gasteiger charge is -2.15. The fourth-order valence-electron chi connectivity index (χ4n) is 2.52. The van der Waals surface area contributed by atoms with Crippen LogP contribution in [0.4, 0.5) is 0 Å². The summed E-state index contributed by atoms with van der Waals surface area (Å²) in [6, 6.07) is 7.36. The summed E-state index contributed by atoms with van der Waals surface area (Å²) in [7, 11) is 0. The van der Waals surface area contributed by atoms with E-state index in [1.54, 1.807) is 0 Å². The molecule has 2 rings (SSSR count). The minimum absolute atomic E-state index is 0.0302. The smallest absolute Gasteiger partial charge is 0.191 e. The molecule has 0 spiro atoms. The van der Waals surface area contributed by atoms with Crippen molar-refractivity contribution in [1.29, 1.82) is 0 Å². The van der Waals surface area contributed by atoms with E-state index in [2.05, 4.69) is 15.6 Å². The molecule has 1 aliphatic rings. The van der Waals surface area contributed by atoms with Crippen LogP contribution in [0.15, 0.2) is 29.3 Å². The molecule has 1 fully saturated rings. The van der Waals surface area contributed by atoms with E-state index in [1.807, 2.05) is 38.1 Å². The lowest BCUT2D eigenvalue weighted by molar-refractivity contribution is 0.0420. The van der Waals surface area contributed by atoms with Crippen LogP contribution in [0.3, 0.4) is 0 Å². The van der Waals surface area contributed by atoms with Gasteiger partial charge in [-0.25, -0.2) is 4.99 Å². The zero-order valence-corrected chi connectivity index (χ0v) is 16.4. The Labute approximate surface area is 161 Å². The van der Waals surface area contributed by atoms with Crippen molar-refractivity contribution in [2.24, 2.45) is 4.99 Å². The quantitative estimate of drug-likeness (QED) is 0.369. The minimum Gasteiger partial charge on any atom is -0.489 e. The topological polar surface area (TPSA) is 64.1 Å². The molecule has 2 atom stereocenters. The average Bonchev–Trinajstić information content (AvgIpc) is 3.15. The van der Waals surface area contributed by atoms with Gasteiger partial charge >= 0.3 is 0 Å². The van der Waals surface area contributed by atoms with Gasteiger partial charge in [0, 0.05) is 31.3 Å². The second-order valence-electron chi connectivity index (χ2n) is 6.24. The molecule has 2 unspecified atom stereocenters. The Morgan fingerprint density at radius 1 is 1.35 bits per heavy atom. The van der Waals surface area contributed by atoms with Gasteiger partial charge in [0.05, 0.1) is 19.3 Å². The zero-order valence-electron chi connectivity index (χ0n) is 15.7. The predicted octanol–water partition coefficient (Wildman–Crippen LogP) is 2.86. The third kappa shape index (κ3) is 8.25. The zero-order chi connectivity index (χ0) is 18.6. The Bertz CT molecular complexity index is 533. The summed E-state index contributed by atoms with van der Waals surface area (Å²) in [6.07, 6.45) is 2.17. The van der Waals surface area contributed by atoms with Gasteiger partial charge in [-0.2, -0.15) is 0 Å². The van der Waals surface area contributed by atoms with Gasteiger partial charge in [-0.1, -0.05) is 11.6 Å². The summed E-state index contributed by atoms with van der Waals surface area (Å²) in [4.78, 5) is 4.58. The highest BCUT2D eigenvalue weighted by atomic mass is 35.5. The van der Waals surface area contributed by atoms with Gasteiger partial charge < -0.3 is 24.8 Å². The number of nitrogens with zero attached hydrogens (tertiary/aromatic N) is 1. The van der Waals surface area contributed by atoms with Crippen molar-refractivity contribution in [3.05, 3.63) is 29.3 Å². The maximum atomic E-state index is 5.88. The first-order chi connectivity index (χ1) is 12.7. The Balaban J connectivity index is 1.66. The lowest BCUT2D eigenvalue weighted by atomic mass is 10.3. The Hall–Kier alpha value is -1.50. The summed E-state index contributed by atoms with van der Waals surface area (Å²) in [5.41, 5.74) is 0. The summed E-state index contributed by atoms with van der Waals surface area (Å²) in [6.45, 7) is 8.51. The largest absolute Gasteiger partial charge is 0.489 e. The van der Waals surface area contributed by atoms with Crippen molar-refractivity contribution in [3.63, 3.8) is 0 Å². The number of hydrogen-bond donors (Lipinski definition) is 2. The van der Waals surface area contributed by atoms with Gasteiger partial charge in [-0.05, 0) is 51.0 Å². The first-order valence-electron chi connectivity index (χ1n) is 9.31. The fourth-order valence-corrected chi connectivity index (χ4v) is 2.64. The number of benzene rings is 1. The molecule has 1 saturated heterocycles. The highest BCUT2D eigenvalue weighted by Crippen LogP contribution is 2.16. The summed E-state index contributed by atoms with van der Waals surface area (Å²) < 4.78 is 16.9. The van der Waals surface area contributed by atoms with Crippen molar-refractivity contribution in [3.8, 4) is 5.75 Å². The van der Waals surface area contributed by atoms with Crippen molar-refractivity contribution in [2.45, 2.75) is 38.9 Å². The number of halogens is 1. The molecule has 6 nitrogen and oxygen atoms in total. The molecule has 2 N–H and O–H groups in total. The molecule has 7 heteroatoms. The van der Waals surface area contributed by atoms with E-state index in [0.29, 0.717) is 11.6 Å². The van der Waals surface area contributed by atoms with Crippen molar-refractivity contribution in [2.75, 3.05) is 39.5 Å². The molecular formula is C19H30ClN3O3. The third-order valence-corrected chi connectivity index (χ3v) is 4.11. The summed E-state index contributed by atoms with van der Waals surface area (Å²) in [5, 5.41) is 7.27. The number of hydrogen-bond acceptors (Lipinski definition) is 4. The SMILES string of the molecule is CCNC(=NCC(C)Oc1ccc(Cl)cc1)NCCCOC1CCOC1. The van der Waals surface area contributed by atoms with Crippen LogP contribution in [0.1, 0.15) is 26.7 Å². The minimum atomic E-state index is -0.0302. The first kappa shape index (κ1) is 20.8. The summed E-state index contributed by atoms with van der Waals surface area (Å²) >= 11 is 5.88. The monoisotopic (exact) mass is 383 g/mol. The van der Waals surface area contributed by atoms with Crippen LogP contribution < -0.4 is 15.4 Å². The van der Waals surface area contributed by atoms with Crippen LogP contribution in [-0.2, 0) is 9.47 Å². The van der Waals surface area contributed by atoms with E-state index in [-0.39, 0.29) is 12.2 Å². The van der Waals surface area contributed by atoms with E-state index in [1.165, 1.54) is 0 Å². The van der Waals surface area contributed by atoms with Crippen LogP contribution in [0.5, 0.6) is 5.75 Å². The van der Waals surface area contributed by atoms with Gasteiger partial charge in [0.1, 0.15) is 11.9 Å². The second kappa shape index (κ2) is 12.0. The highest BCUT2D eigenvalue weighted by Gasteiger charge is 2.15. The first-order valence-corrected chi connectivity index (χ1v) is 9.69. The van der Waals surface area contributed by atoms with Crippen LogP contribution >= 0.6 is 11.6 Å². The molecule has 1 aromatic rings. The van der Waals surface area contributed by atoms with Gasteiger partial charge in [-0.15, -0.1) is 0 Å². The maximum Gasteiger partial charge on any atom is 0.191 e. The molecule has 146 valence electrons. The van der Waals surface area contributed by atoms with Crippen LogP contribution in [0.2, 0.25) is 5.02 Å². The molecule has 0 aliphatic carbocycles. The molecule has 0 amide bonds. The average molecular weight is 384 g/mol. The van der Waals surface area contributed by atoms with Crippen LogP contribution in [-0.4, -0.2) is 57.6 Å². The Morgan fingerprint density at radius 3 is 2.85 bits per heavy atom. The van der Waals surface area contributed by atoms with Gasteiger partial charge in [0.15, 0.2) is 5.96 Å². The lowest BCUT2D eigenvalue weighted by Crippen LogP contribution is -2.39. The predicted molar refractivity (Wildman–Crippen MR) is 105 cm³/mol. The van der Waals surface area contributed by atoms with Crippen molar-refractivity contribution in [1.82, 2.24) is 10.6 Å². The highest BCUT2D eigenvalue weighted by molar-refractivity contribution is 6.30. The summed E-state index contributed by atoms with van der Waals surface area (Å²) in [5.74, 6) is 1.59. The van der Waals surface area contributed by atoms with Crippen molar-refractivity contribution >= 4 is 17.6 Å². The number of ether oxygens (including phenoxy) is 3. The van der Waals surface area contributed by atoms with Gasteiger partial charge in [0.2, 0.25) is 0 Å². The molecule has 1 aliphatic heterocycles. The second-order valence-corrected chi connectivity index (χ2v) is 6.68. The standard InChI is InChI=1S/C19H30ClN3O3/c1-3-21-19(22-10-4-11-25-18-9-12-24-14-18)23-13-15(2)26-17-7-5-16(20)6-8-17/h5-8,15,18H,3-4,9-14H2,1-2H3,(H2,21,22,23). The molecule has 0 saturated carbocycles. The van der Waals surface area contributed by atoms with E-state index < -0.39 is 0 Å². The van der Waals surface area contributed by atoms with E-state index in [9.17, 15) is 0 Å². The number of rotatable bonds is 10. The molecule has 0 aromatic heterocycles. The van der Waals surface area contributed by atoms with Crippen LogP contribution in [0, 0.1) is 0 Å². The van der Waals surface area contributed by atoms with Gasteiger partial charge in [-0.3, -0.25) is 0 Å². The normalized spacial score (nSPS) is 18.6. The van der Waals surface area contributed by atoms with E-state index >= 15 is 0 Å². The molecule has 1 aromatic carbocycles. The molecule has 26 heavy (non-hydrogen) atoms. The fraction of sp³-hybridized carbons (Fsp3) is 0.632. The van der Waals surface area contributed by atoms with Gasteiger partial charge in [0.25, 0.3) is 0 Å². The van der Waals surface area contributed by atoms with E-state index in [4.69, 9.17) is 25.8 Å². The van der Waals surface area contributed by atoms with E-state index in [0.717, 1.165) is 57.5 Å². The number of nitrogens with one attached hydrogen (secondary N) is 2. The maximum absolute atomic E-state index is 5.88. The molecule has 1 heterocycles. The van der Waals surface area contributed by atoms with Crippen LogP contribution in [0.25, 0.3) is 0 Å². The third-order valence-electron chi connectivity index (χ3n) is 3.86. The Morgan fingerprint density at radius 2 is 2.15 bits per heavy atom. The van der Waals surface area contributed by atoms with Crippen molar-refractivity contribution < 1.29 is 14.2 Å². The number of aliphatic imine (C=N–C) groups is 1. The molecule has 0 bridgehead atoms.